The van der Waals surface area contributed by atoms with Crippen LogP contribution in [0.25, 0.3) is 10.2 Å². The van der Waals surface area contributed by atoms with Gasteiger partial charge in [0.2, 0.25) is 5.91 Å². The molecule has 0 saturated heterocycles. The fourth-order valence-electron chi connectivity index (χ4n) is 4.29. The van der Waals surface area contributed by atoms with E-state index in [-0.39, 0.29) is 17.7 Å². The zero-order chi connectivity index (χ0) is 26.3. The maximum Gasteiger partial charge on any atom is 0.255 e. The molecule has 0 unspecified atom stereocenters. The minimum absolute atomic E-state index is 0.0213. The molecule has 190 valence electrons. The molecular weight excluding hydrogens is 500 g/mol. The highest BCUT2D eigenvalue weighted by Gasteiger charge is 2.45. The smallest absolute Gasteiger partial charge is 0.255 e. The van der Waals surface area contributed by atoms with Crippen molar-refractivity contribution in [1.29, 1.82) is 5.26 Å². The number of nitriles is 1. The standard InChI is InChI=1S/C29H24N4O4S/c1-36-23-10-7-20(31-27(35)18-3-2-4-19(13-18)29(16-30)11-12-29)14-24(23)37-21-8-9-22-25(15-21)38-28(32-22)33-26(34)17-5-6-17/h2-4,7-10,13-15,17H,5-6,11-12H2,1H3,(H,31,35)(H,32,33,34). The number of thiazole rings is 1. The Bertz CT molecular complexity index is 1610. The summed E-state index contributed by atoms with van der Waals surface area (Å²) in [5, 5.41) is 15.9. The molecule has 0 atom stereocenters. The maximum absolute atomic E-state index is 13.0. The van der Waals surface area contributed by atoms with Gasteiger partial charge in [0, 0.05) is 29.3 Å². The minimum Gasteiger partial charge on any atom is -0.493 e. The van der Waals surface area contributed by atoms with Crippen LogP contribution in [0.4, 0.5) is 10.8 Å². The Hall–Kier alpha value is -4.42. The minimum atomic E-state index is -0.458. The van der Waals surface area contributed by atoms with E-state index in [1.165, 1.54) is 11.3 Å². The van der Waals surface area contributed by atoms with Crippen molar-refractivity contribution in [1.82, 2.24) is 4.98 Å². The monoisotopic (exact) mass is 524 g/mol. The lowest BCUT2D eigenvalue weighted by Gasteiger charge is -2.13. The predicted octanol–water partition coefficient (Wildman–Crippen LogP) is 6.25. The lowest BCUT2D eigenvalue weighted by molar-refractivity contribution is -0.117. The Morgan fingerprint density at radius 1 is 1.05 bits per heavy atom. The molecule has 38 heavy (non-hydrogen) atoms. The first kappa shape index (κ1) is 23.9. The van der Waals surface area contributed by atoms with Crippen LogP contribution in [0.15, 0.2) is 60.7 Å². The SMILES string of the molecule is COc1ccc(NC(=O)c2cccc(C3(C#N)CC3)c2)cc1Oc1ccc2nc(NC(=O)C3CC3)sc2c1. The first-order valence-corrected chi connectivity index (χ1v) is 13.2. The average molecular weight is 525 g/mol. The van der Waals surface area contributed by atoms with Crippen molar-refractivity contribution in [2.24, 2.45) is 5.92 Å². The number of fused-ring (bicyclic) bond motifs is 1. The van der Waals surface area contributed by atoms with Crippen molar-refractivity contribution in [2.75, 3.05) is 17.7 Å². The summed E-state index contributed by atoms with van der Waals surface area (Å²) in [4.78, 5) is 29.6. The van der Waals surface area contributed by atoms with Crippen molar-refractivity contribution in [3.8, 4) is 23.3 Å². The number of hydrogen-bond acceptors (Lipinski definition) is 7. The summed E-state index contributed by atoms with van der Waals surface area (Å²) in [6, 6.07) is 20.3. The number of hydrogen-bond donors (Lipinski definition) is 2. The Kier molecular flexibility index (Phi) is 5.97. The Balaban J connectivity index is 1.20. The van der Waals surface area contributed by atoms with Gasteiger partial charge in [-0.25, -0.2) is 4.98 Å². The molecule has 0 aliphatic heterocycles. The van der Waals surface area contributed by atoms with Gasteiger partial charge >= 0.3 is 0 Å². The van der Waals surface area contributed by atoms with Gasteiger partial charge in [0.25, 0.3) is 5.91 Å². The van der Waals surface area contributed by atoms with Crippen LogP contribution in [0.2, 0.25) is 0 Å². The largest absolute Gasteiger partial charge is 0.493 e. The summed E-state index contributed by atoms with van der Waals surface area (Å²) in [5.74, 6) is 1.37. The summed E-state index contributed by atoms with van der Waals surface area (Å²) in [5.41, 5.74) is 2.22. The van der Waals surface area contributed by atoms with Gasteiger partial charge in [-0.15, -0.1) is 0 Å². The summed E-state index contributed by atoms with van der Waals surface area (Å²) >= 11 is 1.39. The van der Waals surface area contributed by atoms with Gasteiger partial charge < -0.3 is 20.1 Å². The summed E-state index contributed by atoms with van der Waals surface area (Å²) in [6.07, 6.45) is 3.50. The van der Waals surface area contributed by atoms with Crippen LogP contribution in [0, 0.1) is 17.2 Å². The maximum atomic E-state index is 13.0. The number of nitrogens with one attached hydrogen (secondary N) is 2. The molecule has 1 aromatic heterocycles. The Morgan fingerprint density at radius 2 is 1.89 bits per heavy atom. The fraction of sp³-hybridized carbons (Fsp3) is 0.241. The van der Waals surface area contributed by atoms with Crippen LogP contribution in [0.1, 0.15) is 41.6 Å². The molecule has 4 aromatic rings. The van der Waals surface area contributed by atoms with E-state index in [1.54, 1.807) is 43.5 Å². The van der Waals surface area contributed by atoms with Crippen LogP contribution in [-0.4, -0.2) is 23.9 Å². The van der Waals surface area contributed by atoms with Crippen LogP contribution >= 0.6 is 11.3 Å². The number of amides is 2. The molecule has 2 N–H and O–H groups in total. The van der Waals surface area contributed by atoms with E-state index >= 15 is 0 Å². The third-order valence-electron chi connectivity index (χ3n) is 6.83. The van der Waals surface area contributed by atoms with Gasteiger partial charge in [-0.05, 0) is 67.6 Å². The number of carbonyl (C=O) groups is 2. The molecule has 6 rings (SSSR count). The highest BCUT2D eigenvalue weighted by Crippen LogP contribution is 2.47. The van der Waals surface area contributed by atoms with Crippen LogP contribution in [0.3, 0.4) is 0 Å². The average Bonchev–Trinajstić information content (AvgIpc) is 3.86. The second-order valence-electron chi connectivity index (χ2n) is 9.61. The van der Waals surface area contributed by atoms with Crippen LogP contribution < -0.4 is 20.1 Å². The molecular formula is C29H24N4O4S. The Morgan fingerprint density at radius 3 is 2.63 bits per heavy atom. The molecule has 0 radical (unpaired) electrons. The number of methoxy groups -OCH3 is 1. The van der Waals surface area contributed by atoms with Gasteiger partial charge in [0.1, 0.15) is 5.75 Å². The second-order valence-corrected chi connectivity index (χ2v) is 10.6. The van der Waals surface area contributed by atoms with Gasteiger partial charge in [-0.2, -0.15) is 5.26 Å². The van der Waals surface area contributed by atoms with E-state index in [2.05, 4.69) is 21.7 Å². The molecule has 0 bridgehead atoms. The molecule has 0 spiro atoms. The van der Waals surface area contributed by atoms with E-state index in [9.17, 15) is 14.9 Å². The molecule has 2 aliphatic rings. The van der Waals surface area contributed by atoms with E-state index in [0.717, 1.165) is 41.5 Å². The number of ether oxygens (including phenoxy) is 2. The van der Waals surface area contributed by atoms with E-state index in [0.29, 0.717) is 33.6 Å². The van der Waals surface area contributed by atoms with Gasteiger partial charge in [-0.1, -0.05) is 23.5 Å². The van der Waals surface area contributed by atoms with Gasteiger partial charge in [-0.3, -0.25) is 9.59 Å². The topological polar surface area (TPSA) is 113 Å². The fourth-order valence-corrected chi connectivity index (χ4v) is 5.18. The molecule has 3 aromatic carbocycles. The van der Waals surface area contributed by atoms with Crippen molar-refractivity contribution in [3.05, 3.63) is 71.8 Å². The third kappa shape index (κ3) is 4.78. The predicted molar refractivity (Wildman–Crippen MR) is 145 cm³/mol. The van der Waals surface area contributed by atoms with Crippen LogP contribution in [0.5, 0.6) is 17.2 Å². The number of aromatic nitrogens is 1. The van der Waals surface area contributed by atoms with Crippen molar-refractivity contribution in [2.45, 2.75) is 31.1 Å². The number of benzene rings is 3. The quantitative estimate of drug-likeness (QED) is 0.282. The molecule has 9 heteroatoms. The first-order valence-electron chi connectivity index (χ1n) is 12.4. The molecule has 8 nitrogen and oxygen atoms in total. The highest BCUT2D eigenvalue weighted by molar-refractivity contribution is 7.22. The number of anilines is 2. The molecule has 1 heterocycles. The van der Waals surface area contributed by atoms with Crippen LogP contribution in [-0.2, 0) is 10.2 Å². The van der Waals surface area contributed by atoms with Crippen molar-refractivity contribution in [3.63, 3.8) is 0 Å². The lowest BCUT2D eigenvalue weighted by atomic mass is 9.96. The van der Waals surface area contributed by atoms with Crippen molar-refractivity contribution < 1.29 is 19.1 Å². The number of rotatable bonds is 8. The molecule has 2 saturated carbocycles. The third-order valence-corrected chi connectivity index (χ3v) is 7.76. The summed E-state index contributed by atoms with van der Waals surface area (Å²) < 4.78 is 12.5. The zero-order valence-electron chi connectivity index (χ0n) is 20.6. The first-order chi connectivity index (χ1) is 18.5. The lowest BCUT2D eigenvalue weighted by Crippen LogP contribution is -2.13. The second kappa shape index (κ2) is 9.47. The summed E-state index contributed by atoms with van der Waals surface area (Å²) in [7, 11) is 1.55. The van der Waals surface area contributed by atoms with Gasteiger partial charge in [0.05, 0.1) is 28.8 Å². The highest BCUT2D eigenvalue weighted by atomic mass is 32.1. The summed E-state index contributed by atoms with van der Waals surface area (Å²) in [6.45, 7) is 0. The molecule has 2 amide bonds. The van der Waals surface area contributed by atoms with E-state index < -0.39 is 5.41 Å². The molecule has 2 aliphatic carbocycles. The Labute approximate surface area is 223 Å². The van der Waals surface area contributed by atoms with E-state index in [4.69, 9.17) is 9.47 Å². The molecule has 2 fully saturated rings. The zero-order valence-corrected chi connectivity index (χ0v) is 21.4. The number of carbonyl (C=O) groups excluding carboxylic acids is 2. The van der Waals surface area contributed by atoms with E-state index in [1.807, 2.05) is 24.3 Å². The normalized spacial score (nSPS) is 15.4. The van der Waals surface area contributed by atoms with Gasteiger partial charge in [0.15, 0.2) is 16.6 Å². The van der Waals surface area contributed by atoms with Crippen molar-refractivity contribution >= 4 is 44.2 Å². The number of nitrogens with zero attached hydrogens (tertiary/aromatic N) is 2.